The molecule has 0 amide bonds. The molecule has 0 radical (unpaired) electrons. The zero-order valence-electron chi connectivity index (χ0n) is 43.9. The van der Waals surface area contributed by atoms with Crippen molar-refractivity contribution in [1.82, 2.24) is 29.9 Å². The molecule has 0 fully saturated rings. The Balaban J connectivity index is 0.000000145. The van der Waals surface area contributed by atoms with Gasteiger partial charge >= 0.3 is 16.8 Å². The molecule has 0 unspecified atom stereocenters. The molecule has 0 saturated heterocycles. The van der Waals surface area contributed by atoms with Crippen LogP contribution in [-0.4, -0.2) is 29.9 Å². The third kappa shape index (κ3) is 11.4. The minimum atomic E-state index is 0. The number of hydrogen-bond acceptors (Lipinski definition) is 6. The monoisotopic (exact) mass is 1160 g/mol. The predicted octanol–water partition coefficient (Wildman–Crippen LogP) is 9.36. The van der Waals surface area contributed by atoms with E-state index < -0.39 is 0 Å². The summed E-state index contributed by atoms with van der Waals surface area (Å²) in [5, 5.41) is 6.77. The molecule has 0 bridgehead atoms. The molecule has 0 aliphatic rings. The average molecular weight is 1160 g/mol. The first-order valence-electron chi connectivity index (χ1n) is 26.1. The van der Waals surface area contributed by atoms with E-state index in [9.17, 15) is 0 Å². The number of aromatic nitrogens is 6. The summed E-state index contributed by atoms with van der Waals surface area (Å²) in [7, 11) is 0. The topological polar surface area (TPSA) is 77.3 Å². The van der Waals surface area contributed by atoms with E-state index in [1.165, 1.54) is 66.8 Å². The van der Waals surface area contributed by atoms with Gasteiger partial charge in [0.15, 0.2) is 0 Å². The Morgan fingerprint density at radius 3 is 0.427 bits per heavy atom. The SMILES string of the molecule is [Cl-].[Cl-].[Cl-].[Co+3].c1ccc(-c2ccnc3c2ccc2c(-c4ccccc4)ccnc23)cc1.c1ccc(-c2ccnc3c2ccc2c(-c4ccccc4)ccnc23)cc1.c1ccc(-c2ccnc3c2ccc2c(-c4ccccc4)ccnc23)cc1. The summed E-state index contributed by atoms with van der Waals surface area (Å²) in [6.07, 6.45) is 11.3. The van der Waals surface area contributed by atoms with Gasteiger partial charge in [0.2, 0.25) is 0 Å². The first kappa shape index (κ1) is 57.5. The van der Waals surface area contributed by atoms with Crippen molar-refractivity contribution in [1.29, 1.82) is 0 Å². The summed E-state index contributed by atoms with van der Waals surface area (Å²) < 4.78 is 0. The normalized spacial score (nSPS) is 10.5. The zero-order chi connectivity index (χ0) is 52.0. The van der Waals surface area contributed by atoms with Crippen molar-refractivity contribution in [3.63, 3.8) is 0 Å². The van der Waals surface area contributed by atoms with E-state index in [1.807, 2.05) is 73.6 Å². The molecule has 0 N–H and O–H groups in total. The van der Waals surface area contributed by atoms with Crippen LogP contribution in [0, 0.1) is 0 Å². The second-order valence-electron chi connectivity index (χ2n) is 18.9. The van der Waals surface area contributed by atoms with E-state index in [1.54, 1.807) is 0 Å². The minimum Gasteiger partial charge on any atom is -1.00 e. The van der Waals surface area contributed by atoms with Crippen LogP contribution in [0.25, 0.3) is 132 Å². The molecule has 15 aromatic rings. The summed E-state index contributed by atoms with van der Waals surface area (Å²) >= 11 is 0. The van der Waals surface area contributed by atoms with Crippen molar-refractivity contribution in [2.45, 2.75) is 0 Å². The van der Waals surface area contributed by atoms with Crippen molar-refractivity contribution < 1.29 is 54.0 Å². The van der Waals surface area contributed by atoms with Crippen LogP contribution in [0.2, 0.25) is 0 Å². The van der Waals surface area contributed by atoms with Crippen LogP contribution in [0.5, 0.6) is 0 Å². The molecule has 0 aliphatic heterocycles. The molecule has 0 saturated carbocycles. The van der Waals surface area contributed by atoms with Gasteiger partial charge in [0, 0.05) is 69.5 Å². The van der Waals surface area contributed by atoms with Crippen LogP contribution in [0.4, 0.5) is 0 Å². The Morgan fingerprint density at radius 2 is 0.293 bits per heavy atom. The van der Waals surface area contributed by atoms with Crippen molar-refractivity contribution in [3.05, 3.63) is 292 Å². The van der Waals surface area contributed by atoms with Crippen LogP contribution >= 0.6 is 0 Å². The molecule has 9 aromatic carbocycles. The van der Waals surface area contributed by atoms with Gasteiger partial charge in [-0.3, -0.25) is 29.9 Å². The Bertz CT molecular complexity index is 3840. The maximum absolute atomic E-state index is 4.67. The largest absolute Gasteiger partial charge is 3.00 e. The molecule has 0 spiro atoms. The molecule has 6 aromatic heterocycles. The molecular weight excluding hydrogens is 1110 g/mol. The summed E-state index contributed by atoms with van der Waals surface area (Å²) in [6, 6.07) is 88.0. The fourth-order valence-electron chi connectivity index (χ4n) is 10.7. The zero-order valence-corrected chi connectivity index (χ0v) is 47.2. The van der Waals surface area contributed by atoms with E-state index in [2.05, 4.69) is 248 Å². The fourth-order valence-corrected chi connectivity index (χ4v) is 10.7. The maximum Gasteiger partial charge on any atom is 3.00 e. The number of benzene rings is 9. The van der Waals surface area contributed by atoms with E-state index >= 15 is 0 Å². The Morgan fingerprint density at radius 1 is 0.159 bits per heavy atom. The van der Waals surface area contributed by atoms with Crippen molar-refractivity contribution in [3.8, 4) is 66.8 Å². The molecule has 82 heavy (non-hydrogen) atoms. The standard InChI is InChI=1S/3C24H16N2.3ClH.Co/c3*1-3-7-17(8-4-1)19-13-15-25-23-21(19)11-12-22-20(14-16-26-24(22)23)18-9-5-2-6-10-18;;;;/h3*1-16H;3*1H;/q;;;;;;+3/p-3. The van der Waals surface area contributed by atoms with Gasteiger partial charge in [-0.15, -0.1) is 0 Å². The van der Waals surface area contributed by atoms with Gasteiger partial charge in [-0.25, -0.2) is 0 Å². The van der Waals surface area contributed by atoms with E-state index in [-0.39, 0.29) is 54.0 Å². The van der Waals surface area contributed by atoms with Crippen molar-refractivity contribution in [2.24, 2.45) is 0 Å². The molecule has 6 heterocycles. The molecule has 0 atom stereocenters. The summed E-state index contributed by atoms with van der Waals surface area (Å²) in [4.78, 5) is 28.0. The number of pyridine rings is 6. The second kappa shape index (κ2) is 26.4. The number of halogens is 3. The van der Waals surface area contributed by atoms with E-state index in [4.69, 9.17) is 0 Å². The molecule has 0 aliphatic carbocycles. The molecule has 10 heteroatoms. The summed E-state index contributed by atoms with van der Waals surface area (Å²) in [5.74, 6) is 0. The van der Waals surface area contributed by atoms with Gasteiger partial charge in [-0.05, 0) is 103 Å². The average Bonchev–Trinajstić information content (AvgIpc) is 3.65. The van der Waals surface area contributed by atoms with Gasteiger partial charge in [0.1, 0.15) is 0 Å². The van der Waals surface area contributed by atoms with E-state index in [0.29, 0.717) is 0 Å². The van der Waals surface area contributed by atoms with Crippen molar-refractivity contribution >= 4 is 65.4 Å². The van der Waals surface area contributed by atoms with Gasteiger partial charge in [-0.2, -0.15) is 0 Å². The third-order valence-electron chi connectivity index (χ3n) is 14.4. The molecule has 15 rings (SSSR count). The number of nitrogens with zero attached hydrogens (tertiary/aromatic N) is 6. The Kier molecular flexibility index (Phi) is 18.5. The third-order valence-corrected chi connectivity index (χ3v) is 14.4. The predicted molar refractivity (Wildman–Crippen MR) is 324 cm³/mol. The Labute approximate surface area is 504 Å². The summed E-state index contributed by atoms with van der Waals surface area (Å²) in [5.41, 5.74) is 19.9. The second-order valence-corrected chi connectivity index (χ2v) is 18.9. The van der Waals surface area contributed by atoms with Gasteiger partial charge < -0.3 is 37.2 Å². The van der Waals surface area contributed by atoms with Gasteiger partial charge in [-0.1, -0.05) is 218 Å². The first-order valence-corrected chi connectivity index (χ1v) is 26.1. The van der Waals surface area contributed by atoms with Crippen LogP contribution < -0.4 is 37.2 Å². The number of hydrogen-bond donors (Lipinski definition) is 0. The van der Waals surface area contributed by atoms with Crippen LogP contribution in [0.1, 0.15) is 0 Å². The van der Waals surface area contributed by atoms with Crippen molar-refractivity contribution in [2.75, 3.05) is 0 Å². The quantitative estimate of drug-likeness (QED) is 0.155. The molecule has 6 nitrogen and oxygen atoms in total. The van der Waals surface area contributed by atoms with Crippen LogP contribution in [-0.2, 0) is 16.8 Å². The first-order chi connectivity index (χ1) is 38.7. The molecule has 396 valence electrons. The number of rotatable bonds is 6. The minimum absolute atomic E-state index is 0. The maximum atomic E-state index is 4.67. The smallest absolute Gasteiger partial charge is 1.00 e. The van der Waals surface area contributed by atoms with Crippen LogP contribution in [0.3, 0.4) is 0 Å². The van der Waals surface area contributed by atoms with Crippen LogP contribution in [0.15, 0.2) is 292 Å². The fraction of sp³-hybridized carbons (Fsp3) is 0. The number of fused-ring (bicyclic) bond motifs is 9. The van der Waals surface area contributed by atoms with Gasteiger partial charge in [0.05, 0.1) is 33.1 Å². The van der Waals surface area contributed by atoms with E-state index in [0.717, 1.165) is 65.4 Å². The van der Waals surface area contributed by atoms with Gasteiger partial charge in [0.25, 0.3) is 0 Å². The Hall–Kier alpha value is -9.18. The summed E-state index contributed by atoms with van der Waals surface area (Å²) in [6.45, 7) is 0. The molecular formula is C72H48Cl3CoN6.